The molecule has 4 rings (SSSR count). The molecule has 5 nitrogen and oxygen atoms in total. The number of nitrogens with zero attached hydrogens (tertiary/aromatic N) is 1. The minimum Gasteiger partial charge on any atom is -0.503 e. The van der Waals surface area contributed by atoms with Crippen LogP contribution in [-0.4, -0.2) is 29.1 Å². The standard InChI is InChI=1S/C18H24N2O3/c1-23-14-7-8-19-16(17(14)21)18(22)20-13-4-2-3-12-10-5-6-11(9-10)15(12)13/h7-8,10-13,15,21H,2-6,9H2,1H3,(H,20,22)/t10-,11+,12-,13?,15+/m0/s1. The van der Waals surface area contributed by atoms with Crippen molar-refractivity contribution in [2.45, 2.75) is 44.6 Å². The molecular weight excluding hydrogens is 292 g/mol. The lowest BCUT2D eigenvalue weighted by atomic mass is 9.68. The minimum atomic E-state index is -0.283. The topological polar surface area (TPSA) is 71.5 Å². The molecule has 2 N–H and O–H groups in total. The van der Waals surface area contributed by atoms with E-state index in [0.717, 1.165) is 24.2 Å². The Balaban J connectivity index is 1.52. The fourth-order valence-corrected chi connectivity index (χ4v) is 5.45. The zero-order valence-corrected chi connectivity index (χ0v) is 13.5. The van der Waals surface area contributed by atoms with Crippen LogP contribution in [0, 0.1) is 23.7 Å². The van der Waals surface area contributed by atoms with Gasteiger partial charge in [-0.15, -0.1) is 0 Å². The van der Waals surface area contributed by atoms with Crippen molar-refractivity contribution in [3.63, 3.8) is 0 Å². The van der Waals surface area contributed by atoms with E-state index in [1.54, 1.807) is 6.07 Å². The highest BCUT2D eigenvalue weighted by Gasteiger charge is 2.51. The Kier molecular flexibility index (Phi) is 3.66. The lowest BCUT2D eigenvalue weighted by molar-refractivity contribution is 0.0792. The van der Waals surface area contributed by atoms with Crippen LogP contribution < -0.4 is 10.1 Å². The van der Waals surface area contributed by atoms with Crippen LogP contribution >= 0.6 is 0 Å². The van der Waals surface area contributed by atoms with E-state index in [4.69, 9.17) is 4.74 Å². The smallest absolute Gasteiger partial charge is 0.274 e. The summed E-state index contributed by atoms with van der Waals surface area (Å²) >= 11 is 0. The molecule has 3 aliphatic rings. The molecule has 1 aromatic heterocycles. The van der Waals surface area contributed by atoms with Gasteiger partial charge in [0.2, 0.25) is 0 Å². The average Bonchev–Trinajstić information content (AvgIpc) is 3.17. The number of hydrogen-bond acceptors (Lipinski definition) is 4. The van der Waals surface area contributed by atoms with Crippen LogP contribution in [0.2, 0.25) is 0 Å². The number of rotatable bonds is 3. The number of carbonyl (C=O) groups is 1. The third-order valence-electron chi connectivity index (χ3n) is 6.31. The van der Waals surface area contributed by atoms with Gasteiger partial charge in [-0.25, -0.2) is 4.98 Å². The summed E-state index contributed by atoms with van der Waals surface area (Å²) in [5.41, 5.74) is 0.0645. The van der Waals surface area contributed by atoms with Crippen molar-refractivity contribution in [2.75, 3.05) is 7.11 Å². The molecule has 3 aliphatic carbocycles. The highest BCUT2D eigenvalue weighted by molar-refractivity contribution is 5.95. The fraction of sp³-hybridized carbons (Fsp3) is 0.667. The molecule has 2 bridgehead atoms. The Morgan fingerprint density at radius 1 is 1.30 bits per heavy atom. The third-order valence-corrected chi connectivity index (χ3v) is 6.31. The highest BCUT2D eigenvalue weighted by Crippen LogP contribution is 2.57. The van der Waals surface area contributed by atoms with Crippen LogP contribution in [0.5, 0.6) is 11.5 Å². The monoisotopic (exact) mass is 316 g/mol. The van der Waals surface area contributed by atoms with Crippen molar-refractivity contribution in [1.29, 1.82) is 0 Å². The van der Waals surface area contributed by atoms with Gasteiger partial charge in [0.05, 0.1) is 7.11 Å². The Labute approximate surface area is 136 Å². The Morgan fingerprint density at radius 2 is 2.13 bits per heavy atom. The minimum absolute atomic E-state index is 0.0645. The zero-order chi connectivity index (χ0) is 16.0. The van der Waals surface area contributed by atoms with Crippen LogP contribution in [-0.2, 0) is 0 Å². The normalized spacial score (nSPS) is 34.9. The number of nitrogens with one attached hydrogen (secondary N) is 1. The highest BCUT2D eigenvalue weighted by atomic mass is 16.5. The van der Waals surface area contributed by atoms with Gasteiger partial charge in [0.15, 0.2) is 17.2 Å². The summed E-state index contributed by atoms with van der Waals surface area (Å²) in [6.45, 7) is 0. The SMILES string of the molecule is COc1ccnc(C(=O)NC2CCC[C@H]3[C@H]4CC[C@H](C4)[C@@H]23)c1O. The number of carbonyl (C=O) groups excluding carboxylic acids is 1. The molecule has 3 fully saturated rings. The predicted octanol–water partition coefficient (Wildman–Crippen LogP) is 2.74. The molecule has 23 heavy (non-hydrogen) atoms. The molecular formula is C18H24N2O3. The first kappa shape index (κ1) is 14.8. The number of fused-ring (bicyclic) bond motifs is 5. The summed E-state index contributed by atoms with van der Waals surface area (Å²) in [6.07, 6.45) is 9.10. The van der Waals surface area contributed by atoms with Crippen LogP contribution in [0.1, 0.15) is 49.0 Å². The fourth-order valence-electron chi connectivity index (χ4n) is 5.45. The molecule has 0 aromatic carbocycles. The number of aromatic hydroxyl groups is 1. The lowest BCUT2D eigenvalue weighted by Crippen LogP contribution is -2.47. The second-order valence-electron chi connectivity index (χ2n) is 7.30. The van der Waals surface area contributed by atoms with Crippen molar-refractivity contribution in [3.8, 4) is 11.5 Å². The van der Waals surface area contributed by atoms with E-state index in [9.17, 15) is 9.90 Å². The Morgan fingerprint density at radius 3 is 2.96 bits per heavy atom. The van der Waals surface area contributed by atoms with E-state index >= 15 is 0 Å². The first-order valence-corrected chi connectivity index (χ1v) is 8.72. The molecule has 5 heteroatoms. The van der Waals surface area contributed by atoms with Gasteiger partial charge in [0, 0.05) is 18.3 Å². The molecule has 0 aliphatic heterocycles. The van der Waals surface area contributed by atoms with Crippen molar-refractivity contribution in [2.24, 2.45) is 23.7 Å². The van der Waals surface area contributed by atoms with Gasteiger partial charge in [-0.2, -0.15) is 0 Å². The number of pyridine rings is 1. The van der Waals surface area contributed by atoms with Gasteiger partial charge < -0.3 is 15.2 Å². The lowest BCUT2D eigenvalue weighted by Gasteiger charge is -2.41. The van der Waals surface area contributed by atoms with E-state index < -0.39 is 0 Å². The predicted molar refractivity (Wildman–Crippen MR) is 85.4 cm³/mol. The number of methoxy groups -OCH3 is 1. The summed E-state index contributed by atoms with van der Waals surface area (Å²) in [5.74, 6) is 2.91. The largest absolute Gasteiger partial charge is 0.503 e. The third kappa shape index (κ3) is 2.37. The maximum atomic E-state index is 12.6. The van der Waals surface area contributed by atoms with Gasteiger partial charge >= 0.3 is 0 Å². The second kappa shape index (κ2) is 5.69. The molecule has 1 aromatic rings. The number of ether oxygens (including phenoxy) is 1. The Hall–Kier alpha value is -1.78. The first-order valence-electron chi connectivity index (χ1n) is 8.72. The number of hydrogen-bond donors (Lipinski definition) is 2. The van der Waals surface area contributed by atoms with Crippen molar-refractivity contribution in [3.05, 3.63) is 18.0 Å². The first-order chi connectivity index (χ1) is 11.2. The summed E-state index contributed by atoms with van der Waals surface area (Å²) in [6, 6.07) is 1.78. The quantitative estimate of drug-likeness (QED) is 0.899. The summed E-state index contributed by atoms with van der Waals surface area (Å²) in [7, 11) is 1.47. The zero-order valence-electron chi connectivity index (χ0n) is 13.5. The molecule has 5 atom stereocenters. The van der Waals surface area contributed by atoms with Crippen LogP contribution in [0.15, 0.2) is 12.3 Å². The van der Waals surface area contributed by atoms with Gasteiger partial charge in [0.25, 0.3) is 5.91 Å². The number of aromatic nitrogens is 1. The summed E-state index contributed by atoms with van der Waals surface area (Å²) in [4.78, 5) is 16.7. The molecule has 1 unspecified atom stereocenters. The van der Waals surface area contributed by atoms with Gasteiger partial charge in [-0.05, 0) is 55.8 Å². The second-order valence-corrected chi connectivity index (χ2v) is 7.30. The van der Waals surface area contributed by atoms with Crippen LogP contribution in [0.3, 0.4) is 0 Å². The summed E-state index contributed by atoms with van der Waals surface area (Å²) < 4.78 is 5.07. The van der Waals surface area contributed by atoms with E-state index in [-0.39, 0.29) is 29.1 Å². The van der Waals surface area contributed by atoms with Gasteiger partial charge in [-0.3, -0.25) is 4.79 Å². The molecule has 1 amide bonds. The molecule has 3 saturated carbocycles. The number of amides is 1. The van der Waals surface area contributed by atoms with E-state index in [1.807, 2.05) is 0 Å². The van der Waals surface area contributed by atoms with Crippen LogP contribution in [0.4, 0.5) is 0 Å². The molecule has 0 radical (unpaired) electrons. The maximum absolute atomic E-state index is 12.6. The average molecular weight is 316 g/mol. The van der Waals surface area contributed by atoms with E-state index in [0.29, 0.717) is 5.92 Å². The maximum Gasteiger partial charge on any atom is 0.274 e. The Bertz CT molecular complexity index is 618. The van der Waals surface area contributed by atoms with Gasteiger partial charge in [0.1, 0.15) is 0 Å². The van der Waals surface area contributed by atoms with E-state index in [2.05, 4.69) is 10.3 Å². The molecule has 0 saturated heterocycles. The molecule has 1 heterocycles. The molecule has 124 valence electrons. The van der Waals surface area contributed by atoms with Crippen molar-refractivity contribution in [1.82, 2.24) is 10.3 Å². The summed E-state index contributed by atoms with van der Waals surface area (Å²) in [5, 5.41) is 13.3. The van der Waals surface area contributed by atoms with Crippen LogP contribution in [0.25, 0.3) is 0 Å². The van der Waals surface area contributed by atoms with E-state index in [1.165, 1.54) is 45.4 Å². The van der Waals surface area contributed by atoms with Gasteiger partial charge in [-0.1, -0.05) is 6.42 Å². The van der Waals surface area contributed by atoms with Crippen molar-refractivity contribution < 1.29 is 14.6 Å². The molecule has 0 spiro atoms. The van der Waals surface area contributed by atoms with Crippen molar-refractivity contribution >= 4 is 5.91 Å².